The van der Waals surface area contributed by atoms with Gasteiger partial charge in [0.25, 0.3) is 0 Å². The summed E-state index contributed by atoms with van der Waals surface area (Å²) in [7, 11) is 0. The van der Waals surface area contributed by atoms with Crippen molar-refractivity contribution in [1.29, 1.82) is 0 Å². The van der Waals surface area contributed by atoms with Gasteiger partial charge in [-0.05, 0) is 115 Å². The van der Waals surface area contributed by atoms with Crippen LogP contribution in [0, 0.1) is 0 Å². The van der Waals surface area contributed by atoms with Crippen LogP contribution in [-0.4, -0.2) is 0 Å². The quantitative estimate of drug-likeness (QED) is 0.161. The van der Waals surface area contributed by atoms with Crippen molar-refractivity contribution >= 4 is 38.6 Å². The van der Waals surface area contributed by atoms with Crippen molar-refractivity contribution in [2.75, 3.05) is 4.90 Å². The summed E-state index contributed by atoms with van der Waals surface area (Å²) < 4.78 is 6.41. The van der Waals surface area contributed by atoms with Crippen LogP contribution in [0.5, 0.6) is 11.5 Å². The highest BCUT2D eigenvalue weighted by Crippen LogP contribution is 2.50. The van der Waals surface area contributed by atoms with E-state index in [4.69, 9.17) is 4.74 Å². The molecule has 0 bridgehead atoms. The molecule has 2 nitrogen and oxygen atoms in total. The Bertz CT molecular complexity index is 3120. The van der Waals surface area contributed by atoms with Crippen molar-refractivity contribution in [2.45, 2.75) is 0 Å². The van der Waals surface area contributed by atoms with Gasteiger partial charge in [-0.25, -0.2) is 0 Å². The van der Waals surface area contributed by atoms with Crippen LogP contribution in [0.4, 0.5) is 17.1 Å². The van der Waals surface area contributed by atoms with Crippen molar-refractivity contribution in [3.8, 4) is 67.1 Å². The van der Waals surface area contributed by atoms with Gasteiger partial charge >= 0.3 is 0 Å². The molecule has 0 saturated carbocycles. The molecule has 0 fully saturated rings. The molecule has 0 saturated heterocycles. The van der Waals surface area contributed by atoms with E-state index < -0.39 is 0 Å². The summed E-state index contributed by atoms with van der Waals surface area (Å²) >= 11 is 0. The van der Waals surface area contributed by atoms with Crippen molar-refractivity contribution in [2.24, 2.45) is 0 Å². The van der Waals surface area contributed by atoms with E-state index in [1.165, 1.54) is 49.7 Å². The Balaban J connectivity index is 1.07. The molecule has 58 heavy (non-hydrogen) atoms. The lowest BCUT2D eigenvalue weighted by Gasteiger charge is -2.29. The number of ether oxygens (including phenoxy) is 1. The number of fused-ring (bicyclic) bond motifs is 3. The van der Waals surface area contributed by atoms with Crippen LogP contribution in [0.15, 0.2) is 224 Å². The van der Waals surface area contributed by atoms with Gasteiger partial charge in [0.1, 0.15) is 11.5 Å². The molecule has 11 rings (SSSR count). The first-order chi connectivity index (χ1) is 28.7. The van der Waals surface area contributed by atoms with Crippen LogP contribution >= 0.6 is 0 Å². The third-order valence-corrected chi connectivity index (χ3v) is 11.4. The molecular formula is C56H37NO. The average molecular weight is 740 g/mol. The van der Waals surface area contributed by atoms with Crippen molar-refractivity contribution in [3.05, 3.63) is 224 Å². The minimum Gasteiger partial charge on any atom is -0.456 e. The summed E-state index contributed by atoms with van der Waals surface area (Å²) in [6.45, 7) is 0. The summed E-state index contributed by atoms with van der Waals surface area (Å²) in [4.78, 5) is 2.41. The van der Waals surface area contributed by atoms with Gasteiger partial charge in [0.2, 0.25) is 0 Å². The Kier molecular flexibility index (Phi) is 8.19. The summed E-state index contributed by atoms with van der Waals surface area (Å²) in [5, 5.41) is 4.77. The zero-order valence-corrected chi connectivity index (χ0v) is 31.7. The molecule has 0 atom stereocenters. The summed E-state index contributed by atoms with van der Waals surface area (Å²) in [5.41, 5.74) is 15.0. The number of nitrogens with zero attached hydrogens (tertiary/aromatic N) is 1. The van der Waals surface area contributed by atoms with E-state index in [1.54, 1.807) is 0 Å². The molecule has 1 aliphatic heterocycles. The Morgan fingerprint density at radius 2 is 0.862 bits per heavy atom. The van der Waals surface area contributed by atoms with Crippen LogP contribution in [0.25, 0.3) is 77.2 Å². The second kappa shape index (κ2) is 14.1. The molecule has 0 amide bonds. The second-order valence-electron chi connectivity index (χ2n) is 14.9. The molecule has 1 aliphatic rings. The Morgan fingerprint density at radius 3 is 1.69 bits per heavy atom. The van der Waals surface area contributed by atoms with E-state index >= 15 is 0 Å². The van der Waals surface area contributed by atoms with Gasteiger partial charge < -0.3 is 9.64 Å². The number of para-hydroxylation sites is 2. The fourth-order valence-corrected chi connectivity index (χ4v) is 8.66. The van der Waals surface area contributed by atoms with E-state index in [0.717, 1.165) is 56.0 Å². The van der Waals surface area contributed by atoms with E-state index in [9.17, 15) is 0 Å². The normalized spacial score (nSPS) is 11.6. The van der Waals surface area contributed by atoms with Crippen LogP contribution in [-0.2, 0) is 0 Å². The maximum absolute atomic E-state index is 6.41. The molecular weight excluding hydrogens is 703 g/mol. The van der Waals surface area contributed by atoms with E-state index in [-0.39, 0.29) is 0 Å². The largest absolute Gasteiger partial charge is 0.456 e. The maximum Gasteiger partial charge on any atom is 0.135 e. The van der Waals surface area contributed by atoms with Crippen LogP contribution < -0.4 is 9.64 Å². The summed E-state index contributed by atoms with van der Waals surface area (Å²) in [6, 6.07) is 80.8. The summed E-state index contributed by atoms with van der Waals surface area (Å²) in [6.07, 6.45) is 0. The fraction of sp³-hybridized carbons (Fsp3) is 0. The molecule has 0 N–H and O–H groups in total. The van der Waals surface area contributed by atoms with Gasteiger partial charge in [-0.15, -0.1) is 0 Å². The number of hydrogen-bond donors (Lipinski definition) is 0. The predicted molar refractivity (Wildman–Crippen MR) is 243 cm³/mol. The Labute approximate surface area is 338 Å². The van der Waals surface area contributed by atoms with Gasteiger partial charge in [-0.1, -0.05) is 170 Å². The van der Waals surface area contributed by atoms with Crippen LogP contribution in [0.2, 0.25) is 0 Å². The first kappa shape index (κ1) is 33.6. The highest BCUT2D eigenvalue weighted by molar-refractivity contribution is 6.07. The SMILES string of the molecule is c1ccc(-c2ccc(-c3ccc(N(c4cccc(-c5cccc6ccccc56)c4)c4ccccc4-c4cc5c6c(cccc6c4)Oc4ccccc4-5)cc3)cc2)cc1. The lowest BCUT2D eigenvalue weighted by Crippen LogP contribution is -2.11. The molecule has 10 aromatic carbocycles. The van der Waals surface area contributed by atoms with Crippen molar-refractivity contribution < 1.29 is 4.74 Å². The second-order valence-corrected chi connectivity index (χ2v) is 14.9. The van der Waals surface area contributed by atoms with E-state index in [0.29, 0.717) is 0 Å². The van der Waals surface area contributed by atoms with Gasteiger partial charge in [-0.2, -0.15) is 0 Å². The number of benzene rings is 10. The smallest absolute Gasteiger partial charge is 0.135 e. The minimum absolute atomic E-state index is 0.884. The maximum atomic E-state index is 6.41. The molecule has 1 heterocycles. The highest BCUT2D eigenvalue weighted by atomic mass is 16.5. The summed E-state index contributed by atoms with van der Waals surface area (Å²) in [5.74, 6) is 1.78. The zero-order chi connectivity index (χ0) is 38.4. The molecule has 10 aromatic rings. The van der Waals surface area contributed by atoms with E-state index in [1.807, 2.05) is 6.07 Å². The van der Waals surface area contributed by atoms with Gasteiger partial charge in [0, 0.05) is 27.9 Å². The Hall–Kier alpha value is -7.68. The minimum atomic E-state index is 0.884. The lowest BCUT2D eigenvalue weighted by molar-refractivity contribution is 0.487. The fourth-order valence-electron chi connectivity index (χ4n) is 8.66. The molecule has 0 aromatic heterocycles. The molecule has 2 heteroatoms. The predicted octanol–water partition coefficient (Wildman–Crippen LogP) is 15.9. The third kappa shape index (κ3) is 5.91. The number of rotatable bonds is 7. The standard InChI is InChI=1S/C56H37NO/c1-2-13-38(14-3-1)39-27-29-40(30-28-39)41-31-33-46(34-32-41)57(47-19-10-17-43(36-47)49-23-11-16-42-15-4-5-20-48(42)49)53-24-8-6-21-50(53)45-35-44-18-12-26-55-56(44)52(37-45)51-22-7-9-25-54(51)58-55/h1-37H. The first-order valence-corrected chi connectivity index (χ1v) is 19.8. The van der Waals surface area contributed by atoms with Gasteiger partial charge in [0.15, 0.2) is 0 Å². The monoisotopic (exact) mass is 739 g/mol. The van der Waals surface area contributed by atoms with Crippen LogP contribution in [0.3, 0.4) is 0 Å². The molecule has 0 unspecified atom stereocenters. The van der Waals surface area contributed by atoms with Crippen molar-refractivity contribution in [3.63, 3.8) is 0 Å². The number of hydrogen-bond acceptors (Lipinski definition) is 2. The zero-order valence-electron chi connectivity index (χ0n) is 31.7. The van der Waals surface area contributed by atoms with Crippen molar-refractivity contribution in [1.82, 2.24) is 0 Å². The van der Waals surface area contributed by atoms with Gasteiger partial charge in [-0.3, -0.25) is 0 Å². The first-order valence-electron chi connectivity index (χ1n) is 19.8. The van der Waals surface area contributed by atoms with Gasteiger partial charge in [0.05, 0.1) is 5.69 Å². The average Bonchev–Trinajstić information content (AvgIpc) is 3.30. The lowest BCUT2D eigenvalue weighted by atomic mass is 9.90. The molecule has 0 aliphatic carbocycles. The third-order valence-electron chi connectivity index (χ3n) is 11.4. The molecule has 272 valence electrons. The topological polar surface area (TPSA) is 12.5 Å². The molecule has 0 radical (unpaired) electrons. The van der Waals surface area contributed by atoms with E-state index in [2.05, 4.69) is 223 Å². The highest BCUT2D eigenvalue weighted by Gasteiger charge is 2.23. The number of anilines is 3. The molecule has 0 spiro atoms. The Morgan fingerprint density at radius 1 is 0.293 bits per heavy atom. The van der Waals surface area contributed by atoms with Crippen LogP contribution in [0.1, 0.15) is 0 Å².